The van der Waals surface area contributed by atoms with Crippen molar-refractivity contribution in [2.45, 2.75) is 13.8 Å². The monoisotopic (exact) mass is 652 g/mol. The quantitative estimate of drug-likeness (QED) is 0.143. The zero-order valence-corrected chi connectivity index (χ0v) is 27.0. The van der Waals surface area contributed by atoms with Crippen molar-refractivity contribution in [3.63, 3.8) is 0 Å². The maximum Gasteiger partial charge on any atom is 0.255 e. The fraction of sp³-hybridized carbons (Fsp3) is 0.118. The van der Waals surface area contributed by atoms with Crippen LogP contribution < -0.4 is 21.3 Å². The molecule has 46 heavy (non-hydrogen) atoms. The van der Waals surface area contributed by atoms with Crippen molar-refractivity contribution in [3.8, 4) is 0 Å². The Balaban J connectivity index is 0.000000181. The van der Waals surface area contributed by atoms with E-state index in [1.54, 1.807) is 44.4 Å². The molecule has 2 heterocycles. The molecular weight excluding hydrogens is 623 g/mol. The van der Waals surface area contributed by atoms with E-state index in [1.807, 2.05) is 68.4 Å². The van der Waals surface area contributed by atoms with Crippen molar-refractivity contribution in [2.75, 3.05) is 35.4 Å². The first-order chi connectivity index (χ1) is 22.2. The number of fused-ring (bicyclic) bond motifs is 2. The average Bonchev–Trinajstić information content (AvgIpc) is 3.05. The number of aromatic nitrogens is 4. The molecule has 6 rings (SSSR count). The predicted molar refractivity (Wildman–Crippen MR) is 186 cm³/mol. The van der Waals surface area contributed by atoms with Crippen molar-refractivity contribution < 1.29 is 9.59 Å². The second-order valence-corrected chi connectivity index (χ2v) is 11.1. The van der Waals surface area contributed by atoms with Crippen LogP contribution in [0.25, 0.3) is 21.5 Å². The minimum Gasteiger partial charge on any atom is -0.371 e. The lowest BCUT2D eigenvalue weighted by molar-refractivity contribution is 0.101. The highest BCUT2D eigenvalue weighted by atomic mass is 35.5. The van der Waals surface area contributed by atoms with Gasteiger partial charge in [-0.2, -0.15) is 0 Å². The number of hydrogen-bond acceptors (Lipinski definition) is 8. The molecule has 2 amide bonds. The Morgan fingerprint density at radius 1 is 0.543 bits per heavy atom. The van der Waals surface area contributed by atoms with Crippen LogP contribution in [0.3, 0.4) is 0 Å². The van der Waals surface area contributed by atoms with Crippen LogP contribution in [-0.2, 0) is 0 Å². The first kappa shape index (κ1) is 32.1. The Labute approximate surface area is 275 Å². The molecule has 4 aromatic carbocycles. The zero-order chi connectivity index (χ0) is 32.8. The van der Waals surface area contributed by atoms with Gasteiger partial charge in [-0.15, -0.1) is 20.4 Å². The number of carbonyl (C=O) groups excluding carboxylic acids is 2. The van der Waals surface area contributed by atoms with Gasteiger partial charge >= 0.3 is 0 Å². The molecule has 0 spiro atoms. The minimum absolute atomic E-state index is 0.188. The standard InChI is InChI=1S/2C17H15ClN4O/c1-10-4-3-5-12(8-10)20-17(23)11-6-7-13-14(9-11)15(18)21-22-16(13)19-2;1-10-4-3-5-12(8-10)20-17(23)11-6-7-13-14(9-11)16(19-2)22-21-15(13)18/h2*3-9H,1-2H3,(H,19,22)(H,20,23). The molecular formula is C34H30Cl2N8O2. The number of amides is 2. The lowest BCUT2D eigenvalue weighted by Crippen LogP contribution is -2.12. The number of hydrogen-bond donors (Lipinski definition) is 4. The van der Waals surface area contributed by atoms with E-state index in [0.717, 1.165) is 38.7 Å². The number of nitrogens with zero attached hydrogens (tertiary/aromatic N) is 4. The Morgan fingerprint density at radius 2 is 1.00 bits per heavy atom. The molecule has 0 unspecified atom stereocenters. The van der Waals surface area contributed by atoms with E-state index in [1.165, 1.54) is 0 Å². The molecule has 0 radical (unpaired) electrons. The molecule has 2 aromatic heterocycles. The zero-order valence-electron chi connectivity index (χ0n) is 25.4. The first-order valence-electron chi connectivity index (χ1n) is 14.2. The summed E-state index contributed by atoms with van der Waals surface area (Å²) in [5.41, 5.74) is 4.72. The SMILES string of the molecule is CNc1nnc(Cl)c2cc(C(=O)Nc3cccc(C)c3)ccc12.CNc1nnc(Cl)c2ccc(C(=O)Nc3cccc(C)c3)cc12. The number of benzene rings is 4. The maximum absolute atomic E-state index is 12.5. The molecule has 0 fully saturated rings. The summed E-state index contributed by atoms with van der Waals surface area (Å²) in [6.07, 6.45) is 0. The molecule has 0 aliphatic carbocycles. The van der Waals surface area contributed by atoms with Crippen molar-refractivity contribution in [1.82, 2.24) is 20.4 Å². The summed E-state index contributed by atoms with van der Waals surface area (Å²) in [4.78, 5) is 24.9. The lowest BCUT2D eigenvalue weighted by Gasteiger charge is -2.09. The van der Waals surface area contributed by atoms with E-state index in [0.29, 0.717) is 33.3 Å². The summed E-state index contributed by atoms with van der Waals surface area (Å²) in [6, 6.07) is 25.8. The normalized spacial score (nSPS) is 10.6. The van der Waals surface area contributed by atoms with Crippen LogP contribution in [0, 0.1) is 13.8 Å². The molecule has 232 valence electrons. The third-order valence-corrected chi connectivity index (χ3v) is 7.58. The highest BCUT2D eigenvalue weighted by Gasteiger charge is 2.13. The molecule has 12 heteroatoms. The minimum atomic E-state index is -0.198. The molecule has 0 saturated heterocycles. The maximum atomic E-state index is 12.5. The highest BCUT2D eigenvalue weighted by molar-refractivity contribution is 6.35. The van der Waals surface area contributed by atoms with E-state index in [9.17, 15) is 9.59 Å². The Kier molecular flexibility index (Phi) is 9.90. The van der Waals surface area contributed by atoms with Gasteiger partial charge in [0.15, 0.2) is 21.9 Å². The summed E-state index contributed by atoms with van der Waals surface area (Å²) >= 11 is 12.2. The van der Waals surface area contributed by atoms with Crippen LogP contribution in [0.5, 0.6) is 0 Å². The Morgan fingerprint density at radius 3 is 1.50 bits per heavy atom. The lowest BCUT2D eigenvalue weighted by atomic mass is 10.1. The van der Waals surface area contributed by atoms with E-state index in [2.05, 4.69) is 41.7 Å². The van der Waals surface area contributed by atoms with Crippen LogP contribution >= 0.6 is 23.2 Å². The molecule has 0 saturated carbocycles. The molecule has 0 aliphatic heterocycles. The van der Waals surface area contributed by atoms with Crippen LogP contribution in [-0.4, -0.2) is 46.3 Å². The average molecular weight is 654 g/mol. The van der Waals surface area contributed by atoms with Gasteiger partial charge in [0.1, 0.15) is 0 Å². The molecule has 0 atom stereocenters. The van der Waals surface area contributed by atoms with Gasteiger partial charge in [0.05, 0.1) is 0 Å². The summed E-state index contributed by atoms with van der Waals surface area (Å²) < 4.78 is 0. The molecule has 6 aromatic rings. The summed E-state index contributed by atoms with van der Waals surface area (Å²) in [7, 11) is 3.51. The second-order valence-electron chi connectivity index (χ2n) is 10.3. The van der Waals surface area contributed by atoms with Crippen molar-refractivity contribution in [3.05, 3.63) is 117 Å². The third-order valence-electron chi connectivity index (χ3n) is 7.02. The van der Waals surface area contributed by atoms with Gasteiger partial charge in [0, 0.05) is 58.1 Å². The second kappa shape index (κ2) is 14.2. The van der Waals surface area contributed by atoms with Gasteiger partial charge in [-0.1, -0.05) is 53.5 Å². The van der Waals surface area contributed by atoms with Crippen molar-refractivity contribution in [1.29, 1.82) is 0 Å². The van der Waals surface area contributed by atoms with E-state index in [-0.39, 0.29) is 17.0 Å². The number of aryl methyl sites for hydroxylation is 2. The van der Waals surface area contributed by atoms with Gasteiger partial charge in [-0.25, -0.2) is 0 Å². The van der Waals surface area contributed by atoms with Crippen LogP contribution in [0.15, 0.2) is 84.9 Å². The topological polar surface area (TPSA) is 134 Å². The van der Waals surface area contributed by atoms with Crippen LogP contribution in [0.1, 0.15) is 31.8 Å². The predicted octanol–water partition coefficient (Wildman–Crippen LogP) is 7.77. The van der Waals surface area contributed by atoms with Crippen LogP contribution in [0.2, 0.25) is 10.3 Å². The molecule has 0 aliphatic rings. The van der Waals surface area contributed by atoms with Gasteiger partial charge in [-0.3, -0.25) is 9.59 Å². The summed E-state index contributed by atoms with van der Waals surface area (Å²) in [5, 5.41) is 31.0. The van der Waals surface area contributed by atoms with Crippen molar-refractivity contribution >= 4 is 79.6 Å². The van der Waals surface area contributed by atoms with Gasteiger partial charge < -0.3 is 21.3 Å². The smallest absolute Gasteiger partial charge is 0.255 e. The molecule has 10 nitrogen and oxygen atoms in total. The number of halogens is 2. The summed E-state index contributed by atoms with van der Waals surface area (Å²) in [5.74, 6) is 0.813. The van der Waals surface area contributed by atoms with Gasteiger partial charge in [-0.05, 0) is 79.6 Å². The number of rotatable bonds is 6. The van der Waals surface area contributed by atoms with Crippen molar-refractivity contribution in [2.24, 2.45) is 0 Å². The summed E-state index contributed by atoms with van der Waals surface area (Å²) in [6.45, 7) is 3.95. The van der Waals surface area contributed by atoms with Gasteiger partial charge in [0.2, 0.25) is 0 Å². The fourth-order valence-electron chi connectivity index (χ4n) is 4.75. The van der Waals surface area contributed by atoms with Gasteiger partial charge in [0.25, 0.3) is 11.8 Å². The third kappa shape index (κ3) is 7.31. The molecule has 4 N–H and O–H groups in total. The first-order valence-corrected chi connectivity index (χ1v) is 15.0. The van der Waals surface area contributed by atoms with E-state index in [4.69, 9.17) is 23.2 Å². The number of nitrogens with one attached hydrogen (secondary N) is 4. The highest BCUT2D eigenvalue weighted by Crippen LogP contribution is 2.28. The largest absolute Gasteiger partial charge is 0.371 e. The molecule has 0 bridgehead atoms. The Bertz CT molecular complexity index is 2090. The van der Waals surface area contributed by atoms with Crippen LogP contribution in [0.4, 0.5) is 23.0 Å². The Hall–Kier alpha value is -5.32. The number of carbonyl (C=O) groups is 2. The van der Waals surface area contributed by atoms with E-state index < -0.39 is 0 Å². The van der Waals surface area contributed by atoms with E-state index >= 15 is 0 Å². The number of anilines is 4. The fourth-order valence-corrected chi connectivity index (χ4v) is 5.15.